The summed E-state index contributed by atoms with van der Waals surface area (Å²) in [4.78, 5) is 0. The fourth-order valence-corrected chi connectivity index (χ4v) is 3.07. The number of ether oxygens (including phenoxy) is 3. The minimum atomic E-state index is -1.06. The third kappa shape index (κ3) is 11.6. The monoisotopic (exact) mass is 462 g/mol. The van der Waals surface area contributed by atoms with Crippen molar-refractivity contribution in [1.82, 2.24) is 0 Å². The van der Waals surface area contributed by atoms with E-state index in [0.717, 1.165) is 41.4 Å². The molecule has 0 aromatic heterocycles. The van der Waals surface area contributed by atoms with Gasteiger partial charge >= 0.3 is 0 Å². The molecule has 1 rings (SSSR count). The predicted molar refractivity (Wildman–Crippen MR) is 110 cm³/mol. The number of methoxy groups -OCH3 is 1. The molecule has 1 N–H and O–H groups in total. The van der Waals surface area contributed by atoms with Crippen molar-refractivity contribution in [3.8, 4) is 5.75 Å². The molecule has 0 aliphatic carbocycles. The predicted octanol–water partition coefficient (Wildman–Crippen LogP) is 4.88. The quantitative estimate of drug-likeness (QED) is 0.149. The third-order valence-electron chi connectivity index (χ3n) is 3.56. The van der Waals surface area contributed by atoms with Crippen LogP contribution in [0.1, 0.15) is 45.1 Å². The van der Waals surface area contributed by atoms with Crippen molar-refractivity contribution < 1.29 is 19.3 Å². The molecule has 5 heteroatoms. The van der Waals surface area contributed by atoms with Gasteiger partial charge in [0.1, 0.15) is 5.75 Å². The first-order valence-corrected chi connectivity index (χ1v) is 10.3. The van der Waals surface area contributed by atoms with Gasteiger partial charge in [0, 0.05) is 4.43 Å². The van der Waals surface area contributed by atoms with Gasteiger partial charge in [-0.2, -0.15) is 0 Å². The first-order valence-electron chi connectivity index (χ1n) is 8.76. The Kier molecular flexibility index (Phi) is 11.4. The second-order valence-corrected chi connectivity index (χ2v) is 7.48. The fraction of sp³-hybridized carbons (Fsp3) is 0.600. The largest absolute Gasteiger partial charge is 0.497 e. The zero-order valence-corrected chi connectivity index (χ0v) is 17.7. The number of alkyl halides is 1. The molecular formula is C20H31IO4. The number of benzene rings is 1. The Bertz CT molecular complexity index is 479. The molecule has 0 fully saturated rings. The Hall–Kier alpha value is -0.630. The van der Waals surface area contributed by atoms with E-state index in [9.17, 15) is 5.11 Å². The lowest BCUT2D eigenvalue weighted by Crippen LogP contribution is -2.30. The average molecular weight is 462 g/mol. The summed E-state index contributed by atoms with van der Waals surface area (Å²) in [6.07, 6.45) is 8.17. The lowest BCUT2D eigenvalue weighted by molar-refractivity contribution is -0.206. The number of hydrogen-bond donors (Lipinski definition) is 1. The van der Waals surface area contributed by atoms with Gasteiger partial charge in [0.15, 0.2) is 5.79 Å². The van der Waals surface area contributed by atoms with Gasteiger partial charge in [0.25, 0.3) is 0 Å². The van der Waals surface area contributed by atoms with Crippen LogP contribution in [-0.2, 0) is 16.1 Å². The van der Waals surface area contributed by atoms with Gasteiger partial charge in [-0.3, -0.25) is 0 Å². The number of halogens is 1. The maximum Gasteiger partial charge on any atom is 0.160 e. The molecule has 0 aliphatic rings. The van der Waals surface area contributed by atoms with Crippen LogP contribution in [0.2, 0.25) is 0 Å². The van der Waals surface area contributed by atoms with Crippen LogP contribution in [0.4, 0.5) is 0 Å². The number of aliphatic hydroxyl groups is 1. The molecule has 1 atom stereocenters. The molecule has 0 spiro atoms. The Morgan fingerprint density at radius 1 is 1.12 bits per heavy atom. The third-order valence-corrected chi connectivity index (χ3v) is 4.19. The van der Waals surface area contributed by atoms with Crippen molar-refractivity contribution >= 4 is 22.6 Å². The number of rotatable bonds is 13. The van der Waals surface area contributed by atoms with Crippen LogP contribution in [0.25, 0.3) is 0 Å². The van der Waals surface area contributed by atoms with Gasteiger partial charge in [0.2, 0.25) is 0 Å². The Balaban J connectivity index is 2.14. The molecule has 0 unspecified atom stereocenters. The van der Waals surface area contributed by atoms with Crippen molar-refractivity contribution in [2.24, 2.45) is 0 Å². The lowest BCUT2D eigenvalue weighted by atomic mass is 10.1. The van der Waals surface area contributed by atoms with E-state index in [0.29, 0.717) is 13.2 Å². The summed E-state index contributed by atoms with van der Waals surface area (Å²) in [5.41, 5.74) is 1.15. The maximum absolute atomic E-state index is 9.77. The van der Waals surface area contributed by atoms with Gasteiger partial charge in [0.05, 0.1) is 26.4 Å². The highest BCUT2D eigenvalue weighted by molar-refractivity contribution is 14.1. The first-order chi connectivity index (χ1) is 11.9. The van der Waals surface area contributed by atoms with Crippen LogP contribution >= 0.6 is 22.6 Å². The number of allylic oxidation sites excluding steroid dienone is 1. The van der Waals surface area contributed by atoms with Crippen LogP contribution in [0.15, 0.2) is 36.4 Å². The summed E-state index contributed by atoms with van der Waals surface area (Å²) in [6.45, 7) is 4.70. The molecule has 0 aliphatic heterocycles. The molecule has 1 aromatic rings. The van der Waals surface area contributed by atoms with E-state index < -0.39 is 5.79 Å². The van der Waals surface area contributed by atoms with Crippen molar-refractivity contribution in [2.75, 3.05) is 18.1 Å². The van der Waals surface area contributed by atoms with Crippen molar-refractivity contribution in [2.45, 2.75) is 58.0 Å². The van der Waals surface area contributed by atoms with Gasteiger partial charge in [-0.15, -0.1) is 0 Å². The second kappa shape index (κ2) is 12.7. The molecule has 0 bridgehead atoms. The van der Waals surface area contributed by atoms with Crippen molar-refractivity contribution in [3.05, 3.63) is 42.0 Å². The van der Waals surface area contributed by atoms with E-state index in [4.69, 9.17) is 14.2 Å². The summed E-state index contributed by atoms with van der Waals surface area (Å²) in [6, 6.07) is 7.93. The highest BCUT2D eigenvalue weighted by Gasteiger charge is 2.19. The topological polar surface area (TPSA) is 47.9 Å². The van der Waals surface area contributed by atoms with E-state index in [2.05, 4.69) is 34.7 Å². The standard InChI is InChI=1S/C20H31IO4/c1-20(2,22)25-19(13-14-21)8-6-4-5-7-15-24-16-17-9-11-18(23-3)12-10-17/h4-5,9-12,19,22H,6-8,13-16H2,1-3H3/t19-/m1/s1. The number of hydrogen-bond acceptors (Lipinski definition) is 4. The Morgan fingerprint density at radius 3 is 2.40 bits per heavy atom. The van der Waals surface area contributed by atoms with Crippen LogP contribution in [-0.4, -0.2) is 35.1 Å². The lowest BCUT2D eigenvalue weighted by Gasteiger charge is -2.25. The van der Waals surface area contributed by atoms with E-state index in [1.165, 1.54) is 0 Å². The molecule has 0 heterocycles. The molecule has 0 saturated heterocycles. The van der Waals surface area contributed by atoms with E-state index >= 15 is 0 Å². The minimum Gasteiger partial charge on any atom is -0.497 e. The molecule has 0 radical (unpaired) electrons. The highest BCUT2D eigenvalue weighted by Crippen LogP contribution is 2.17. The maximum atomic E-state index is 9.77. The molecule has 0 amide bonds. The Morgan fingerprint density at radius 2 is 1.80 bits per heavy atom. The normalized spacial score (nSPS) is 13.3. The summed E-state index contributed by atoms with van der Waals surface area (Å²) in [5, 5.41) is 9.77. The smallest absolute Gasteiger partial charge is 0.160 e. The van der Waals surface area contributed by atoms with Crippen LogP contribution in [0.3, 0.4) is 0 Å². The zero-order valence-electron chi connectivity index (χ0n) is 15.5. The fourth-order valence-electron chi connectivity index (χ4n) is 2.37. The zero-order chi connectivity index (χ0) is 18.5. The van der Waals surface area contributed by atoms with Gasteiger partial charge in [-0.1, -0.05) is 46.9 Å². The van der Waals surface area contributed by atoms with Gasteiger partial charge < -0.3 is 19.3 Å². The SMILES string of the molecule is COc1ccc(COCCC=CCC[C@H](CCI)OC(C)(C)O)cc1. The van der Waals surface area contributed by atoms with Gasteiger partial charge in [-0.25, -0.2) is 0 Å². The minimum absolute atomic E-state index is 0.105. The second-order valence-electron chi connectivity index (χ2n) is 6.40. The average Bonchev–Trinajstić information content (AvgIpc) is 2.56. The summed E-state index contributed by atoms with van der Waals surface area (Å²) < 4.78 is 17.5. The molecule has 1 aromatic carbocycles. The summed E-state index contributed by atoms with van der Waals surface area (Å²) >= 11 is 2.34. The van der Waals surface area contributed by atoms with Crippen LogP contribution in [0.5, 0.6) is 5.75 Å². The van der Waals surface area contributed by atoms with E-state index in [-0.39, 0.29) is 6.10 Å². The Labute approximate surface area is 165 Å². The molecule has 142 valence electrons. The van der Waals surface area contributed by atoms with E-state index in [1.54, 1.807) is 21.0 Å². The highest BCUT2D eigenvalue weighted by atomic mass is 127. The molecule has 25 heavy (non-hydrogen) atoms. The molecule has 4 nitrogen and oxygen atoms in total. The van der Waals surface area contributed by atoms with Crippen LogP contribution in [0, 0.1) is 0 Å². The summed E-state index contributed by atoms with van der Waals surface area (Å²) in [7, 11) is 1.67. The first kappa shape index (κ1) is 22.4. The van der Waals surface area contributed by atoms with Crippen molar-refractivity contribution in [3.63, 3.8) is 0 Å². The molecular weight excluding hydrogens is 431 g/mol. The van der Waals surface area contributed by atoms with Gasteiger partial charge in [-0.05, 0) is 57.2 Å². The molecule has 0 saturated carbocycles. The van der Waals surface area contributed by atoms with Crippen LogP contribution < -0.4 is 4.74 Å². The summed E-state index contributed by atoms with van der Waals surface area (Å²) in [5.74, 6) is -0.198. The van der Waals surface area contributed by atoms with E-state index in [1.807, 2.05) is 24.3 Å². The van der Waals surface area contributed by atoms with Crippen molar-refractivity contribution in [1.29, 1.82) is 0 Å².